The van der Waals surface area contributed by atoms with Crippen LogP contribution in [0.15, 0.2) is 40.3 Å². The molecule has 4 nitrogen and oxygen atoms in total. The maximum absolute atomic E-state index is 12.7. The molecular weight excluding hydrogens is 356 g/mol. The van der Waals surface area contributed by atoms with Crippen molar-refractivity contribution in [2.45, 2.75) is 46.1 Å². The Labute approximate surface area is 163 Å². The van der Waals surface area contributed by atoms with E-state index in [0.717, 1.165) is 24.3 Å². The van der Waals surface area contributed by atoms with Crippen molar-refractivity contribution in [1.29, 1.82) is 0 Å². The van der Waals surface area contributed by atoms with Crippen molar-refractivity contribution in [2.75, 3.05) is 6.54 Å². The van der Waals surface area contributed by atoms with Gasteiger partial charge >= 0.3 is 0 Å². The second-order valence-electron chi connectivity index (χ2n) is 7.23. The SMILES string of the molecule is Cc1ccc(-c2cnc(CCC(=O)N3CCc4sccc4[C@H]3C)o2)cc1C. The first-order valence-corrected chi connectivity index (χ1v) is 10.3. The first-order valence-electron chi connectivity index (χ1n) is 9.41. The van der Waals surface area contributed by atoms with Crippen molar-refractivity contribution < 1.29 is 9.21 Å². The number of aromatic nitrogens is 1. The minimum atomic E-state index is 0.156. The summed E-state index contributed by atoms with van der Waals surface area (Å²) in [5.41, 5.74) is 4.81. The third-order valence-corrected chi connectivity index (χ3v) is 6.49. The number of carbonyl (C=O) groups is 1. The lowest BCUT2D eigenvalue weighted by atomic mass is 10.0. The third-order valence-electron chi connectivity index (χ3n) is 5.50. The van der Waals surface area contributed by atoms with Gasteiger partial charge < -0.3 is 9.32 Å². The average molecular weight is 381 g/mol. The number of benzene rings is 1. The van der Waals surface area contributed by atoms with Crippen molar-refractivity contribution >= 4 is 17.2 Å². The van der Waals surface area contributed by atoms with Gasteiger partial charge in [-0.25, -0.2) is 4.98 Å². The Morgan fingerprint density at radius 1 is 1.30 bits per heavy atom. The van der Waals surface area contributed by atoms with Gasteiger partial charge in [0, 0.05) is 29.8 Å². The highest BCUT2D eigenvalue weighted by atomic mass is 32.1. The smallest absolute Gasteiger partial charge is 0.223 e. The molecule has 1 aliphatic heterocycles. The van der Waals surface area contributed by atoms with E-state index in [1.54, 1.807) is 17.5 Å². The molecule has 0 bridgehead atoms. The molecule has 0 aliphatic carbocycles. The normalized spacial score (nSPS) is 16.4. The van der Waals surface area contributed by atoms with Crippen LogP contribution in [0.2, 0.25) is 0 Å². The van der Waals surface area contributed by atoms with Crippen LogP contribution < -0.4 is 0 Å². The summed E-state index contributed by atoms with van der Waals surface area (Å²) in [5, 5.41) is 2.12. The minimum absolute atomic E-state index is 0.156. The molecule has 4 rings (SSSR count). The first-order chi connectivity index (χ1) is 13.0. The summed E-state index contributed by atoms with van der Waals surface area (Å²) >= 11 is 1.79. The molecule has 0 unspecified atom stereocenters. The number of hydrogen-bond donors (Lipinski definition) is 0. The largest absolute Gasteiger partial charge is 0.441 e. The number of thiophene rings is 1. The van der Waals surface area contributed by atoms with Gasteiger partial charge in [0.15, 0.2) is 11.7 Å². The van der Waals surface area contributed by atoms with Crippen molar-refractivity contribution in [3.8, 4) is 11.3 Å². The molecule has 2 aromatic heterocycles. The summed E-state index contributed by atoms with van der Waals surface area (Å²) in [7, 11) is 0. The molecule has 1 atom stereocenters. The molecule has 140 valence electrons. The molecular formula is C22H24N2O2S. The van der Waals surface area contributed by atoms with Gasteiger partial charge in [0.25, 0.3) is 0 Å². The fraction of sp³-hybridized carbons (Fsp3) is 0.364. The van der Waals surface area contributed by atoms with Gasteiger partial charge in [0.2, 0.25) is 5.91 Å². The fourth-order valence-electron chi connectivity index (χ4n) is 3.66. The van der Waals surface area contributed by atoms with Crippen LogP contribution >= 0.6 is 11.3 Å². The molecule has 1 amide bonds. The van der Waals surface area contributed by atoms with E-state index in [0.29, 0.717) is 18.7 Å². The number of aryl methyl sites for hydroxylation is 3. The lowest BCUT2D eigenvalue weighted by Gasteiger charge is -2.33. The molecule has 1 aromatic carbocycles. The molecule has 0 spiro atoms. The van der Waals surface area contributed by atoms with Crippen molar-refractivity contribution in [3.63, 3.8) is 0 Å². The molecule has 0 saturated carbocycles. The third kappa shape index (κ3) is 3.56. The van der Waals surface area contributed by atoms with Gasteiger partial charge in [-0.05, 0) is 61.4 Å². The second kappa shape index (κ2) is 7.31. The van der Waals surface area contributed by atoms with Crippen molar-refractivity contribution in [1.82, 2.24) is 9.88 Å². The summed E-state index contributed by atoms with van der Waals surface area (Å²) in [4.78, 5) is 20.5. The highest BCUT2D eigenvalue weighted by Gasteiger charge is 2.28. The molecule has 0 fully saturated rings. The molecule has 5 heteroatoms. The number of nitrogens with zero attached hydrogens (tertiary/aromatic N) is 2. The number of carbonyl (C=O) groups excluding carboxylic acids is 1. The highest BCUT2D eigenvalue weighted by Crippen LogP contribution is 2.33. The topological polar surface area (TPSA) is 46.3 Å². The van der Waals surface area contributed by atoms with Crippen LogP contribution in [0.5, 0.6) is 0 Å². The quantitative estimate of drug-likeness (QED) is 0.633. The second-order valence-corrected chi connectivity index (χ2v) is 8.23. The van der Waals surface area contributed by atoms with Crippen molar-refractivity contribution in [2.24, 2.45) is 0 Å². The van der Waals surface area contributed by atoms with E-state index in [-0.39, 0.29) is 11.9 Å². The lowest BCUT2D eigenvalue weighted by Crippen LogP contribution is -2.38. The van der Waals surface area contributed by atoms with Gasteiger partial charge in [-0.2, -0.15) is 0 Å². The zero-order valence-corrected chi connectivity index (χ0v) is 16.8. The highest BCUT2D eigenvalue weighted by molar-refractivity contribution is 7.10. The number of oxazole rings is 1. The fourth-order valence-corrected chi connectivity index (χ4v) is 4.62. The standard InChI is InChI=1S/C22H24N2O2S/c1-14-4-5-17(12-15(14)2)19-13-23-21(26-19)6-7-22(25)24-10-8-20-18(16(24)3)9-11-27-20/h4-5,9,11-13,16H,6-8,10H2,1-3H3/t16-/m1/s1. The Morgan fingerprint density at radius 3 is 2.96 bits per heavy atom. The van der Waals surface area contributed by atoms with Gasteiger partial charge in [-0.3, -0.25) is 4.79 Å². The van der Waals surface area contributed by atoms with E-state index in [1.807, 2.05) is 11.0 Å². The lowest BCUT2D eigenvalue weighted by molar-refractivity contribution is -0.133. The molecule has 3 heterocycles. The van der Waals surface area contributed by atoms with Gasteiger partial charge in [0.1, 0.15) is 0 Å². The van der Waals surface area contributed by atoms with Crippen molar-refractivity contribution in [3.05, 3.63) is 63.3 Å². The summed E-state index contributed by atoms with van der Waals surface area (Å²) in [6.45, 7) is 7.10. The minimum Gasteiger partial charge on any atom is -0.441 e. The maximum atomic E-state index is 12.7. The first kappa shape index (κ1) is 18.0. The van der Waals surface area contributed by atoms with Gasteiger partial charge in [0.05, 0.1) is 12.2 Å². The van der Waals surface area contributed by atoms with Crippen LogP contribution in [0.25, 0.3) is 11.3 Å². The van der Waals surface area contributed by atoms with E-state index >= 15 is 0 Å². The van der Waals surface area contributed by atoms with Gasteiger partial charge in [-0.15, -0.1) is 11.3 Å². The zero-order chi connectivity index (χ0) is 19.0. The summed E-state index contributed by atoms with van der Waals surface area (Å²) in [6.07, 6.45) is 3.67. The Kier molecular flexibility index (Phi) is 4.87. The molecule has 0 saturated heterocycles. The Morgan fingerprint density at radius 2 is 2.15 bits per heavy atom. The van der Waals surface area contributed by atoms with E-state index < -0.39 is 0 Å². The van der Waals surface area contributed by atoms with Crippen LogP contribution in [0.4, 0.5) is 0 Å². The van der Waals surface area contributed by atoms with Crippen LogP contribution in [0.3, 0.4) is 0 Å². The molecule has 1 aliphatic rings. The number of rotatable bonds is 4. The molecule has 0 N–H and O–H groups in total. The summed E-state index contributed by atoms with van der Waals surface area (Å²) in [6, 6.07) is 8.55. The van der Waals surface area contributed by atoms with Crippen LogP contribution in [-0.4, -0.2) is 22.3 Å². The Bertz CT molecular complexity index is 972. The maximum Gasteiger partial charge on any atom is 0.223 e. The summed E-state index contributed by atoms with van der Waals surface area (Å²) in [5.74, 6) is 1.55. The van der Waals surface area contributed by atoms with E-state index in [1.165, 1.54) is 21.6 Å². The summed E-state index contributed by atoms with van der Waals surface area (Å²) < 4.78 is 5.89. The van der Waals surface area contributed by atoms with E-state index in [2.05, 4.69) is 49.3 Å². The number of fused-ring (bicyclic) bond motifs is 1. The van der Waals surface area contributed by atoms with Gasteiger partial charge in [-0.1, -0.05) is 12.1 Å². The van der Waals surface area contributed by atoms with Crippen LogP contribution in [-0.2, 0) is 17.6 Å². The molecule has 3 aromatic rings. The number of amides is 1. The average Bonchev–Trinajstić information content (AvgIpc) is 3.32. The monoisotopic (exact) mass is 380 g/mol. The Hall–Kier alpha value is -2.40. The zero-order valence-electron chi connectivity index (χ0n) is 16.0. The van der Waals surface area contributed by atoms with Crippen LogP contribution in [0, 0.1) is 13.8 Å². The predicted octanol–water partition coefficient (Wildman–Crippen LogP) is 5.10. The van der Waals surface area contributed by atoms with Crippen LogP contribution in [0.1, 0.15) is 46.8 Å². The van der Waals surface area contributed by atoms with E-state index in [9.17, 15) is 4.79 Å². The number of hydrogen-bond acceptors (Lipinski definition) is 4. The predicted molar refractivity (Wildman–Crippen MR) is 108 cm³/mol. The molecule has 0 radical (unpaired) electrons. The molecule has 27 heavy (non-hydrogen) atoms. The Balaban J connectivity index is 1.40. The van der Waals surface area contributed by atoms with E-state index in [4.69, 9.17) is 4.42 Å².